The summed E-state index contributed by atoms with van der Waals surface area (Å²) >= 11 is 0. The number of carbonyl (C=O) groups is 1. The van der Waals surface area contributed by atoms with Crippen LogP contribution in [0.3, 0.4) is 0 Å². The molecule has 2 aromatic rings. The van der Waals surface area contributed by atoms with Gasteiger partial charge in [-0.1, -0.05) is 25.0 Å². The minimum absolute atomic E-state index is 0.0719. The fraction of sp³-hybridized carbons (Fsp3) is 0.480. The smallest absolute Gasteiger partial charge is 0.252 e. The van der Waals surface area contributed by atoms with Gasteiger partial charge in [0.05, 0.1) is 12.0 Å². The molecule has 1 amide bonds. The molecular formula is C25H29FN2O2. The van der Waals surface area contributed by atoms with Gasteiger partial charge in [-0.15, -0.1) is 0 Å². The van der Waals surface area contributed by atoms with Crippen LogP contribution in [0.2, 0.25) is 0 Å². The lowest BCUT2D eigenvalue weighted by atomic mass is 9.58. The normalized spacial score (nSPS) is 29.5. The Balaban J connectivity index is 1.24. The number of nitrogens with one attached hydrogen (secondary N) is 1. The van der Waals surface area contributed by atoms with E-state index in [2.05, 4.69) is 5.32 Å². The van der Waals surface area contributed by atoms with Gasteiger partial charge in [-0.25, -0.2) is 9.45 Å². The van der Waals surface area contributed by atoms with Crippen LogP contribution in [0.15, 0.2) is 48.5 Å². The Morgan fingerprint density at radius 3 is 2.07 bits per heavy atom. The van der Waals surface area contributed by atoms with E-state index in [9.17, 15) is 14.4 Å². The number of fused-ring (bicyclic) bond motifs is 1. The molecule has 0 aromatic heterocycles. The van der Waals surface area contributed by atoms with Crippen molar-refractivity contribution in [2.45, 2.75) is 51.5 Å². The van der Waals surface area contributed by atoms with E-state index < -0.39 is 0 Å². The molecule has 4 aliphatic rings. The summed E-state index contributed by atoms with van der Waals surface area (Å²) in [4.78, 5) is 13.3. The van der Waals surface area contributed by atoms with Crippen molar-refractivity contribution < 1.29 is 14.4 Å². The molecular weight excluding hydrogens is 379 g/mol. The molecule has 6 rings (SSSR count). The molecule has 5 heteroatoms. The standard InChI is InChI=1S/C25H29FN2O2/c26-21-5-9-23(10-6-21)27-22-7-3-17(4-8-22)16-28(30)24(29)25-13-18-1-2-19(14-25)12-20(11-18)15-25/h3-10,18-20,27,30H,1-2,11-16H2. The third kappa shape index (κ3) is 3.83. The van der Waals surface area contributed by atoms with Crippen molar-refractivity contribution in [3.05, 3.63) is 59.9 Å². The highest BCUT2D eigenvalue weighted by atomic mass is 19.1. The zero-order chi connectivity index (χ0) is 20.7. The van der Waals surface area contributed by atoms with Crippen LogP contribution in [0.5, 0.6) is 0 Å². The predicted molar refractivity (Wildman–Crippen MR) is 114 cm³/mol. The molecule has 2 atom stereocenters. The second-order valence-corrected chi connectivity index (χ2v) is 9.73. The van der Waals surface area contributed by atoms with Crippen LogP contribution in [0.25, 0.3) is 0 Å². The first-order valence-electron chi connectivity index (χ1n) is 11.1. The number of amides is 1. The van der Waals surface area contributed by atoms with Gasteiger partial charge >= 0.3 is 0 Å². The van der Waals surface area contributed by atoms with Crippen molar-refractivity contribution in [1.82, 2.24) is 5.06 Å². The summed E-state index contributed by atoms with van der Waals surface area (Å²) in [7, 11) is 0. The molecule has 4 bridgehead atoms. The molecule has 2 unspecified atom stereocenters. The SMILES string of the molecule is O=C(N(O)Cc1ccc(Nc2ccc(F)cc2)cc1)C12CC3CCC(CC(C3)C1)C2. The van der Waals surface area contributed by atoms with Gasteiger partial charge in [0.15, 0.2) is 0 Å². The van der Waals surface area contributed by atoms with Gasteiger partial charge in [0.2, 0.25) is 0 Å². The number of rotatable bonds is 5. The van der Waals surface area contributed by atoms with E-state index in [4.69, 9.17) is 0 Å². The van der Waals surface area contributed by atoms with Crippen LogP contribution < -0.4 is 5.32 Å². The van der Waals surface area contributed by atoms with Gasteiger partial charge in [0.25, 0.3) is 5.91 Å². The van der Waals surface area contributed by atoms with E-state index in [1.54, 1.807) is 12.1 Å². The number of hydrogen-bond donors (Lipinski definition) is 2. The largest absolute Gasteiger partial charge is 0.356 e. The Kier molecular flexibility index (Phi) is 5.02. The number of hydroxylamine groups is 2. The van der Waals surface area contributed by atoms with Crippen LogP contribution in [0, 0.1) is 29.0 Å². The monoisotopic (exact) mass is 408 g/mol. The summed E-state index contributed by atoms with van der Waals surface area (Å²) in [5.74, 6) is 1.64. The quantitative estimate of drug-likeness (QED) is 0.479. The number of nitrogens with zero attached hydrogens (tertiary/aromatic N) is 1. The predicted octanol–water partition coefficient (Wildman–Crippen LogP) is 5.89. The fourth-order valence-corrected chi connectivity index (χ4v) is 6.37. The highest BCUT2D eigenvalue weighted by Crippen LogP contribution is 2.58. The van der Waals surface area contributed by atoms with Crippen molar-refractivity contribution in [3.63, 3.8) is 0 Å². The lowest BCUT2D eigenvalue weighted by Gasteiger charge is -2.47. The number of anilines is 2. The van der Waals surface area contributed by atoms with Gasteiger partial charge in [-0.05, 0) is 91.8 Å². The first-order chi connectivity index (χ1) is 14.5. The average molecular weight is 409 g/mol. The summed E-state index contributed by atoms with van der Waals surface area (Å²) in [6, 6.07) is 13.8. The Morgan fingerprint density at radius 2 is 1.47 bits per heavy atom. The molecule has 0 saturated heterocycles. The maximum atomic E-state index is 13.3. The summed E-state index contributed by atoms with van der Waals surface area (Å²) in [5.41, 5.74) is 2.23. The van der Waals surface area contributed by atoms with Crippen molar-refractivity contribution in [1.29, 1.82) is 0 Å². The number of benzene rings is 2. The molecule has 30 heavy (non-hydrogen) atoms. The maximum Gasteiger partial charge on any atom is 0.252 e. The molecule has 4 nitrogen and oxygen atoms in total. The van der Waals surface area contributed by atoms with Crippen LogP contribution in [0.4, 0.5) is 15.8 Å². The number of carbonyl (C=O) groups excluding carboxylic acids is 1. The Morgan fingerprint density at radius 1 is 0.933 bits per heavy atom. The summed E-state index contributed by atoms with van der Waals surface area (Å²) in [6.07, 6.45) is 7.93. The topological polar surface area (TPSA) is 52.6 Å². The molecule has 0 aliphatic heterocycles. The van der Waals surface area contributed by atoms with Crippen molar-refractivity contribution in [2.75, 3.05) is 5.32 Å². The first-order valence-corrected chi connectivity index (χ1v) is 11.1. The van der Waals surface area contributed by atoms with Gasteiger partial charge in [0.1, 0.15) is 5.82 Å². The van der Waals surface area contributed by atoms with Gasteiger partial charge in [-0.2, -0.15) is 0 Å². The average Bonchev–Trinajstić information content (AvgIpc) is 2.96. The van der Waals surface area contributed by atoms with E-state index >= 15 is 0 Å². The molecule has 158 valence electrons. The number of halogens is 1. The maximum absolute atomic E-state index is 13.3. The fourth-order valence-electron chi connectivity index (χ4n) is 6.37. The van der Waals surface area contributed by atoms with Crippen LogP contribution in [-0.2, 0) is 11.3 Å². The minimum atomic E-state index is -0.341. The van der Waals surface area contributed by atoms with Gasteiger partial charge in [0, 0.05) is 11.4 Å². The zero-order valence-corrected chi connectivity index (χ0v) is 17.2. The van der Waals surface area contributed by atoms with E-state index in [1.807, 2.05) is 24.3 Å². The van der Waals surface area contributed by atoms with E-state index in [0.29, 0.717) is 17.8 Å². The van der Waals surface area contributed by atoms with Crippen LogP contribution in [-0.4, -0.2) is 16.2 Å². The Bertz CT molecular complexity index is 896. The second-order valence-electron chi connectivity index (χ2n) is 9.73. The molecule has 4 aliphatic carbocycles. The molecule has 4 fully saturated rings. The highest BCUT2D eigenvalue weighted by molar-refractivity contribution is 5.82. The summed E-state index contributed by atoms with van der Waals surface area (Å²) in [5, 5.41) is 14.9. The van der Waals surface area contributed by atoms with Gasteiger partial charge < -0.3 is 5.32 Å². The Labute approximate surface area is 177 Å². The van der Waals surface area contributed by atoms with Crippen molar-refractivity contribution >= 4 is 17.3 Å². The van der Waals surface area contributed by atoms with Crippen molar-refractivity contribution in [2.24, 2.45) is 23.2 Å². The minimum Gasteiger partial charge on any atom is -0.356 e. The number of hydrogen-bond acceptors (Lipinski definition) is 3. The molecule has 2 aromatic carbocycles. The summed E-state index contributed by atoms with van der Waals surface area (Å²) < 4.78 is 13.0. The molecule has 2 N–H and O–H groups in total. The third-order valence-electron chi connectivity index (χ3n) is 7.46. The van der Waals surface area contributed by atoms with Crippen molar-refractivity contribution in [3.8, 4) is 0 Å². The molecule has 0 radical (unpaired) electrons. The third-order valence-corrected chi connectivity index (χ3v) is 7.46. The van der Waals surface area contributed by atoms with E-state index in [-0.39, 0.29) is 23.7 Å². The Hall–Kier alpha value is -2.40. The van der Waals surface area contributed by atoms with Crippen LogP contribution >= 0.6 is 0 Å². The molecule has 0 spiro atoms. The summed E-state index contributed by atoms with van der Waals surface area (Å²) in [6.45, 7) is 0.206. The lowest BCUT2D eigenvalue weighted by Crippen LogP contribution is -2.49. The van der Waals surface area contributed by atoms with E-state index in [1.165, 1.54) is 37.8 Å². The highest BCUT2D eigenvalue weighted by Gasteiger charge is 2.53. The van der Waals surface area contributed by atoms with E-state index in [0.717, 1.165) is 41.3 Å². The molecule has 0 heterocycles. The second kappa shape index (κ2) is 7.69. The lowest BCUT2D eigenvalue weighted by molar-refractivity contribution is -0.187. The van der Waals surface area contributed by atoms with Gasteiger partial charge in [-0.3, -0.25) is 10.0 Å². The molecule has 4 saturated carbocycles. The zero-order valence-electron chi connectivity index (χ0n) is 17.2. The van der Waals surface area contributed by atoms with Crippen LogP contribution in [0.1, 0.15) is 50.5 Å². The first kappa shape index (κ1) is 19.6.